The van der Waals surface area contributed by atoms with Crippen molar-refractivity contribution in [3.8, 4) is 0 Å². The molecule has 0 aliphatic carbocycles. The quantitative estimate of drug-likeness (QED) is 0.438. The molecule has 10 heteroatoms. The Labute approximate surface area is 161 Å². The topological polar surface area (TPSA) is 86.7 Å². The zero-order valence-electron chi connectivity index (χ0n) is 14.1. The summed E-state index contributed by atoms with van der Waals surface area (Å²) in [5.41, 5.74) is 1.52. The van der Waals surface area contributed by atoms with Crippen LogP contribution in [0.4, 0.5) is 0 Å². The Morgan fingerprint density at radius 2 is 1.12 bits per heavy atom. The lowest BCUT2D eigenvalue weighted by Crippen LogP contribution is -2.02. The van der Waals surface area contributed by atoms with E-state index in [0.717, 1.165) is 33.4 Å². The monoisotopic (exact) mass is 434 g/mol. The van der Waals surface area contributed by atoms with Gasteiger partial charge in [0.2, 0.25) is 0 Å². The first-order valence-corrected chi connectivity index (χ1v) is 13.1. The van der Waals surface area contributed by atoms with E-state index in [1.165, 1.54) is 21.6 Å². The molecule has 0 aliphatic heterocycles. The minimum atomic E-state index is -3.48. The Morgan fingerprint density at radius 3 is 1.46 bits per heavy atom. The summed E-state index contributed by atoms with van der Waals surface area (Å²) in [6, 6.07) is 14.8. The van der Waals surface area contributed by atoms with Crippen LogP contribution in [0.5, 0.6) is 0 Å². The standard InChI is InChI=1S/C16H18O6S4/c1-25(17,18)21-11-13-5-3-7-15(9-13)23-24-16-8-4-6-14(10-16)12-22-26(2,19)20/h3-10H,11-12H2,1-2H3. The summed E-state index contributed by atoms with van der Waals surface area (Å²) in [5.74, 6) is 0. The Kier molecular flexibility index (Phi) is 7.56. The number of benzene rings is 2. The van der Waals surface area contributed by atoms with Crippen LogP contribution in [0, 0.1) is 0 Å². The maximum Gasteiger partial charge on any atom is 0.264 e. The minimum Gasteiger partial charge on any atom is -0.265 e. The molecule has 0 aromatic heterocycles. The molecule has 0 saturated carbocycles. The molecule has 0 heterocycles. The molecule has 0 amide bonds. The molecule has 0 fully saturated rings. The van der Waals surface area contributed by atoms with Gasteiger partial charge in [0.1, 0.15) is 0 Å². The Morgan fingerprint density at radius 1 is 0.731 bits per heavy atom. The highest BCUT2D eigenvalue weighted by molar-refractivity contribution is 8.76. The van der Waals surface area contributed by atoms with E-state index in [4.69, 9.17) is 8.37 Å². The van der Waals surface area contributed by atoms with Gasteiger partial charge in [-0.2, -0.15) is 16.8 Å². The molecule has 0 radical (unpaired) electrons. The fraction of sp³-hybridized carbons (Fsp3) is 0.250. The summed E-state index contributed by atoms with van der Waals surface area (Å²) < 4.78 is 53.9. The molecule has 26 heavy (non-hydrogen) atoms. The van der Waals surface area contributed by atoms with E-state index in [1.807, 2.05) is 36.4 Å². The van der Waals surface area contributed by atoms with Gasteiger partial charge in [-0.25, -0.2) is 0 Å². The van der Waals surface area contributed by atoms with Crippen LogP contribution < -0.4 is 0 Å². The SMILES string of the molecule is CS(=O)(=O)OCc1cccc(SSc2cccc(COS(C)(=O)=O)c2)c1. The van der Waals surface area contributed by atoms with Crippen LogP contribution in [0.15, 0.2) is 58.3 Å². The number of hydrogen-bond acceptors (Lipinski definition) is 8. The van der Waals surface area contributed by atoms with Gasteiger partial charge in [-0.15, -0.1) is 0 Å². The second-order valence-corrected chi connectivity index (χ2v) is 11.0. The van der Waals surface area contributed by atoms with Gasteiger partial charge < -0.3 is 0 Å². The van der Waals surface area contributed by atoms with E-state index in [1.54, 1.807) is 12.1 Å². The van der Waals surface area contributed by atoms with Crippen molar-refractivity contribution < 1.29 is 25.2 Å². The first-order chi connectivity index (χ1) is 12.1. The van der Waals surface area contributed by atoms with E-state index < -0.39 is 20.2 Å². The summed E-state index contributed by atoms with van der Waals surface area (Å²) in [7, 11) is -3.94. The molecule has 2 rings (SSSR count). The number of rotatable bonds is 9. The predicted molar refractivity (Wildman–Crippen MR) is 104 cm³/mol. The van der Waals surface area contributed by atoms with Gasteiger partial charge in [-0.05, 0) is 35.4 Å². The lowest BCUT2D eigenvalue weighted by Gasteiger charge is -2.07. The van der Waals surface area contributed by atoms with Gasteiger partial charge in [0.15, 0.2) is 0 Å². The molecule has 142 valence electrons. The molecular weight excluding hydrogens is 416 g/mol. The van der Waals surface area contributed by atoms with Gasteiger partial charge in [0.05, 0.1) is 25.7 Å². The van der Waals surface area contributed by atoms with E-state index in [9.17, 15) is 16.8 Å². The summed E-state index contributed by atoms with van der Waals surface area (Å²) in [6.45, 7) is -0.00751. The fourth-order valence-electron chi connectivity index (χ4n) is 1.82. The average molecular weight is 435 g/mol. The molecule has 6 nitrogen and oxygen atoms in total. The molecule has 2 aromatic rings. The van der Waals surface area contributed by atoms with Crippen molar-refractivity contribution in [2.45, 2.75) is 23.0 Å². The highest BCUT2D eigenvalue weighted by Crippen LogP contribution is 2.38. The Hall–Kier alpha value is -1.04. The van der Waals surface area contributed by atoms with Crippen molar-refractivity contribution in [2.24, 2.45) is 0 Å². The highest BCUT2D eigenvalue weighted by Gasteiger charge is 2.06. The van der Waals surface area contributed by atoms with Crippen molar-refractivity contribution in [3.05, 3.63) is 59.7 Å². The molecular formula is C16H18O6S4. The van der Waals surface area contributed by atoms with Crippen LogP contribution in [0.25, 0.3) is 0 Å². The van der Waals surface area contributed by atoms with E-state index in [-0.39, 0.29) is 13.2 Å². The molecule has 0 N–H and O–H groups in total. The van der Waals surface area contributed by atoms with Gasteiger partial charge >= 0.3 is 0 Å². The molecule has 0 bridgehead atoms. The van der Waals surface area contributed by atoms with E-state index >= 15 is 0 Å². The van der Waals surface area contributed by atoms with Crippen LogP contribution >= 0.6 is 21.6 Å². The van der Waals surface area contributed by atoms with Crippen molar-refractivity contribution >= 4 is 41.8 Å². The molecule has 2 aromatic carbocycles. The van der Waals surface area contributed by atoms with E-state index in [0.29, 0.717) is 0 Å². The van der Waals surface area contributed by atoms with Crippen molar-refractivity contribution in [3.63, 3.8) is 0 Å². The Bertz CT molecular complexity index is 875. The molecule has 0 saturated heterocycles. The first kappa shape index (κ1) is 21.3. The Balaban J connectivity index is 1.96. The molecule has 0 aliphatic rings. The predicted octanol–water partition coefficient (Wildman–Crippen LogP) is 3.44. The summed E-state index contributed by atoms with van der Waals surface area (Å²) in [6.07, 6.45) is 2.03. The first-order valence-electron chi connectivity index (χ1n) is 7.32. The summed E-state index contributed by atoms with van der Waals surface area (Å²) in [4.78, 5) is 1.89. The maximum absolute atomic E-state index is 11.1. The maximum atomic E-state index is 11.1. The summed E-state index contributed by atoms with van der Waals surface area (Å²) in [5, 5.41) is 0. The fourth-order valence-corrected chi connectivity index (χ4v) is 4.58. The normalized spacial score (nSPS) is 12.2. The summed E-state index contributed by atoms with van der Waals surface area (Å²) >= 11 is 0. The minimum absolute atomic E-state index is 0.00375. The third-order valence-electron chi connectivity index (χ3n) is 2.91. The zero-order chi connectivity index (χ0) is 19.2. The van der Waals surface area contributed by atoms with Crippen molar-refractivity contribution in [1.29, 1.82) is 0 Å². The highest BCUT2D eigenvalue weighted by atomic mass is 33.1. The largest absolute Gasteiger partial charge is 0.265 e. The second-order valence-electron chi connectivity index (χ2n) is 5.39. The average Bonchev–Trinajstić information content (AvgIpc) is 2.56. The third-order valence-corrected chi connectivity index (χ3v) is 6.38. The molecule has 0 unspecified atom stereocenters. The van der Waals surface area contributed by atoms with Gasteiger partial charge in [0, 0.05) is 9.79 Å². The second kappa shape index (κ2) is 9.25. The van der Waals surface area contributed by atoms with Crippen LogP contribution in [0.3, 0.4) is 0 Å². The van der Waals surface area contributed by atoms with Crippen LogP contribution in [-0.4, -0.2) is 29.3 Å². The third kappa shape index (κ3) is 8.56. The number of hydrogen-bond donors (Lipinski definition) is 0. The van der Waals surface area contributed by atoms with Crippen molar-refractivity contribution in [1.82, 2.24) is 0 Å². The van der Waals surface area contributed by atoms with Crippen molar-refractivity contribution in [2.75, 3.05) is 12.5 Å². The van der Waals surface area contributed by atoms with Crippen LogP contribution in [0.2, 0.25) is 0 Å². The van der Waals surface area contributed by atoms with Crippen LogP contribution in [0.1, 0.15) is 11.1 Å². The smallest absolute Gasteiger partial charge is 0.264 e. The zero-order valence-corrected chi connectivity index (χ0v) is 17.4. The van der Waals surface area contributed by atoms with Crippen LogP contribution in [-0.2, 0) is 41.8 Å². The molecule has 0 spiro atoms. The molecule has 0 atom stereocenters. The van der Waals surface area contributed by atoms with Gasteiger partial charge in [0.25, 0.3) is 20.2 Å². The van der Waals surface area contributed by atoms with Gasteiger partial charge in [-0.1, -0.05) is 45.9 Å². The lowest BCUT2D eigenvalue weighted by atomic mass is 10.2. The lowest BCUT2D eigenvalue weighted by molar-refractivity contribution is 0.310. The van der Waals surface area contributed by atoms with Gasteiger partial charge in [-0.3, -0.25) is 8.37 Å². The van der Waals surface area contributed by atoms with E-state index in [2.05, 4.69) is 0 Å².